The van der Waals surface area contributed by atoms with Crippen LogP contribution in [0.5, 0.6) is 5.75 Å². The highest BCUT2D eigenvalue weighted by atomic mass is 16.6. The number of benzene rings is 2. The average Bonchev–Trinajstić information content (AvgIpc) is 2.69. The largest absolute Gasteiger partial charge is 0.473 e. The number of esters is 1. The molecule has 0 saturated carbocycles. The number of hydrogen-bond donors (Lipinski definition) is 0. The number of non-ortho nitro benzene ring substituents is 1. The van der Waals surface area contributed by atoms with E-state index >= 15 is 0 Å². The van der Waals surface area contributed by atoms with Crippen LogP contribution < -0.4 is 9.64 Å². The molecule has 27 heavy (non-hydrogen) atoms. The fourth-order valence-electron chi connectivity index (χ4n) is 2.72. The highest BCUT2D eigenvalue weighted by molar-refractivity contribution is 6.01. The van der Waals surface area contributed by atoms with Gasteiger partial charge in [0, 0.05) is 24.3 Å². The lowest BCUT2D eigenvalue weighted by atomic mass is 10.1. The summed E-state index contributed by atoms with van der Waals surface area (Å²) in [5, 5.41) is 11.1. The second-order valence-corrected chi connectivity index (χ2v) is 5.69. The van der Waals surface area contributed by atoms with Crippen LogP contribution in [-0.2, 0) is 14.3 Å². The van der Waals surface area contributed by atoms with Gasteiger partial charge in [0.15, 0.2) is 5.75 Å². The number of nitro groups is 1. The molecule has 2 aromatic rings. The van der Waals surface area contributed by atoms with Crippen molar-refractivity contribution < 1.29 is 24.0 Å². The minimum Gasteiger partial charge on any atom is -0.473 e. The number of rotatable bonds is 5. The number of amides is 1. The van der Waals surface area contributed by atoms with Crippen LogP contribution >= 0.6 is 0 Å². The molecule has 8 heteroatoms. The lowest BCUT2D eigenvalue weighted by molar-refractivity contribution is -0.384. The molecule has 0 aliphatic carbocycles. The van der Waals surface area contributed by atoms with Crippen molar-refractivity contribution in [1.82, 2.24) is 0 Å². The molecule has 1 aliphatic heterocycles. The van der Waals surface area contributed by atoms with E-state index in [0.717, 1.165) is 0 Å². The molecule has 0 spiro atoms. The Morgan fingerprint density at radius 2 is 2.04 bits per heavy atom. The summed E-state index contributed by atoms with van der Waals surface area (Å²) in [5.41, 5.74) is 0.883. The number of hydrogen-bond acceptors (Lipinski definition) is 6. The average molecular weight is 368 g/mol. The van der Waals surface area contributed by atoms with Gasteiger partial charge in [0.05, 0.1) is 23.8 Å². The monoisotopic (exact) mass is 368 g/mol. The van der Waals surface area contributed by atoms with Crippen molar-refractivity contribution in [3.63, 3.8) is 0 Å². The zero-order valence-electron chi connectivity index (χ0n) is 14.4. The lowest BCUT2D eigenvalue weighted by Gasteiger charge is -2.33. The van der Waals surface area contributed by atoms with Crippen LogP contribution in [0.25, 0.3) is 0 Å². The zero-order valence-corrected chi connectivity index (χ0v) is 14.4. The van der Waals surface area contributed by atoms with E-state index < -0.39 is 17.0 Å². The number of methoxy groups -OCH3 is 1. The van der Waals surface area contributed by atoms with Gasteiger partial charge in [-0.15, -0.1) is 0 Å². The second-order valence-electron chi connectivity index (χ2n) is 5.69. The van der Waals surface area contributed by atoms with Gasteiger partial charge in [-0.2, -0.15) is 0 Å². The Kier molecular flexibility index (Phi) is 5.16. The Hall–Kier alpha value is -3.68. The van der Waals surface area contributed by atoms with Gasteiger partial charge >= 0.3 is 5.97 Å². The van der Waals surface area contributed by atoms with Gasteiger partial charge in [-0.1, -0.05) is 36.4 Å². The van der Waals surface area contributed by atoms with Gasteiger partial charge in [-0.3, -0.25) is 14.9 Å². The van der Waals surface area contributed by atoms with Crippen LogP contribution in [0, 0.1) is 10.1 Å². The predicted octanol–water partition coefficient (Wildman–Crippen LogP) is 2.79. The standard InChI is InChI=1S/C19H16N2O6/c1-26-17(22)8-5-11-20-15-10-9-14(21(24)25)12-16(15)27-18(19(20)23)13-6-3-2-4-7-13/h2-10,12,18H,11H2,1H3/b8-5-/t18-/m1/s1. The highest BCUT2D eigenvalue weighted by Crippen LogP contribution is 2.40. The summed E-state index contributed by atoms with van der Waals surface area (Å²) in [7, 11) is 1.26. The summed E-state index contributed by atoms with van der Waals surface area (Å²) in [4.78, 5) is 36.2. The van der Waals surface area contributed by atoms with Gasteiger partial charge in [0.2, 0.25) is 6.10 Å². The molecule has 0 saturated heterocycles. The maximum absolute atomic E-state index is 13.0. The fourth-order valence-corrected chi connectivity index (χ4v) is 2.72. The first-order valence-electron chi connectivity index (χ1n) is 8.07. The van der Waals surface area contributed by atoms with E-state index in [9.17, 15) is 19.7 Å². The first kappa shape index (κ1) is 18.1. The lowest BCUT2D eigenvalue weighted by Crippen LogP contribution is -2.41. The van der Waals surface area contributed by atoms with Crippen molar-refractivity contribution in [2.24, 2.45) is 0 Å². The number of anilines is 1. The van der Waals surface area contributed by atoms with Crippen molar-refractivity contribution in [3.8, 4) is 5.75 Å². The van der Waals surface area contributed by atoms with Crippen molar-refractivity contribution in [2.45, 2.75) is 6.10 Å². The SMILES string of the molecule is COC(=O)/C=C\CN1C(=O)[C@@H](c2ccccc2)Oc2cc([N+](=O)[O-])ccc21. The third kappa shape index (κ3) is 3.79. The Morgan fingerprint density at radius 3 is 2.70 bits per heavy atom. The number of fused-ring (bicyclic) bond motifs is 1. The molecular weight excluding hydrogens is 352 g/mol. The maximum Gasteiger partial charge on any atom is 0.330 e. The summed E-state index contributed by atoms with van der Waals surface area (Å²) in [6.07, 6.45) is 1.76. The van der Waals surface area contributed by atoms with Crippen LogP contribution in [0.1, 0.15) is 11.7 Å². The molecule has 0 fully saturated rings. The smallest absolute Gasteiger partial charge is 0.330 e. The Bertz CT molecular complexity index is 910. The van der Waals surface area contributed by atoms with Crippen LogP contribution in [0.3, 0.4) is 0 Å². The summed E-state index contributed by atoms with van der Waals surface area (Å²) >= 11 is 0. The van der Waals surface area contributed by atoms with E-state index in [1.165, 1.54) is 42.4 Å². The van der Waals surface area contributed by atoms with Crippen molar-refractivity contribution in [3.05, 3.63) is 76.4 Å². The molecule has 1 amide bonds. The third-order valence-corrected chi connectivity index (χ3v) is 4.03. The Morgan fingerprint density at radius 1 is 1.30 bits per heavy atom. The van der Waals surface area contributed by atoms with Crippen LogP contribution in [-0.4, -0.2) is 30.5 Å². The van der Waals surface area contributed by atoms with E-state index in [1.807, 2.05) is 6.07 Å². The number of carbonyl (C=O) groups is 2. The molecule has 0 unspecified atom stereocenters. The first-order chi connectivity index (χ1) is 13.0. The number of nitrogens with zero attached hydrogens (tertiary/aromatic N) is 2. The molecule has 138 valence electrons. The van der Waals surface area contributed by atoms with Crippen LogP contribution in [0.15, 0.2) is 60.7 Å². The topological polar surface area (TPSA) is 99.0 Å². The second kappa shape index (κ2) is 7.69. The number of carbonyl (C=O) groups excluding carboxylic acids is 2. The van der Waals surface area contributed by atoms with E-state index in [-0.39, 0.29) is 23.9 Å². The van der Waals surface area contributed by atoms with Crippen molar-refractivity contribution in [1.29, 1.82) is 0 Å². The quantitative estimate of drug-likeness (QED) is 0.348. The molecule has 0 N–H and O–H groups in total. The number of nitro benzene ring substituents is 1. The molecular formula is C19H16N2O6. The van der Waals surface area contributed by atoms with E-state index in [4.69, 9.17) is 4.74 Å². The van der Waals surface area contributed by atoms with E-state index in [1.54, 1.807) is 24.3 Å². The first-order valence-corrected chi connectivity index (χ1v) is 8.07. The van der Waals surface area contributed by atoms with Gasteiger partial charge in [-0.05, 0) is 6.07 Å². The summed E-state index contributed by atoms with van der Waals surface area (Å²) < 4.78 is 10.3. The fraction of sp³-hybridized carbons (Fsp3) is 0.158. The molecule has 2 aromatic carbocycles. The molecule has 1 atom stereocenters. The number of ether oxygens (including phenoxy) is 2. The van der Waals surface area contributed by atoms with Gasteiger partial charge in [-0.25, -0.2) is 4.79 Å². The molecule has 1 heterocycles. The highest BCUT2D eigenvalue weighted by Gasteiger charge is 2.35. The van der Waals surface area contributed by atoms with Gasteiger partial charge in [0.25, 0.3) is 11.6 Å². The molecule has 8 nitrogen and oxygen atoms in total. The van der Waals surface area contributed by atoms with Crippen LogP contribution in [0.2, 0.25) is 0 Å². The van der Waals surface area contributed by atoms with E-state index in [0.29, 0.717) is 11.3 Å². The van der Waals surface area contributed by atoms with Gasteiger partial charge < -0.3 is 14.4 Å². The summed E-state index contributed by atoms with van der Waals surface area (Å²) in [6.45, 7) is 0.0887. The minimum atomic E-state index is -0.938. The molecule has 0 radical (unpaired) electrons. The molecule has 0 bridgehead atoms. The van der Waals surface area contributed by atoms with E-state index in [2.05, 4.69) is 4.74 Å². The Labute approximate surface area is 154 Å². The molecule has 3 rings (SSSR count). The summed E-state index contributed by atoms with van der Waals surface area (Å²) in [5.74, 6) is -0.652. The zero-order chi connectivity index (χ0) is 19.4. The predicted molar refractivity (Wildman–Crippen MR) is 96.4 cm³/mol. The Balaban J connectivity index is 2.00. The minimum absolute atomic E-state index is 0.0887. The van der Waals surface area contributed by atoms with Crippen molar-refractivity contribution in [2.75, 3.05) is 18.6 Å². The normalized spacial score (nSPS) is 16.0. The van der Waals surface area contributed by atoms with Crippen molar-refractivity contribution >= 4 is 23.3 Å². The maximum atomic E-state index is 13.0. The molecule has 0 aromatic heterocycles. The van der Waals surface area contributed by atoms with Gasteiger partial charge in [0.1, 0.15) is 0 Å². The summed E-state index contributed by atoms with van der Waals surface area (Å²) in [6, 6.07) is 12.9. The third-order valence-electron chi connectivity index (χ3n) is 4.03. The van der Waals surface area contributed by atoms with Crippen LogP contribution in [0.4, 0.5) is 11.4 Å². The molecule has 1 aliphatic rings.